The van der Waals surface area contributed by atoms with Crippen LogP contribution in [-0.2, 0) is 9.59 Å². The van der Waals surface area contributed by atoms with Gasteiger partial charge in [-0.3, -0.25) is 9.59 Å². The molecule has 0 saturated heterocycles. The molecule has 8 heteroatoms. The van der Waals surface area contributed by atoms with Gasteiger partial charge in [-0.15, -0.1) is 23.2 Å². The molecule has 2 nitrogen and oxygen atoms in total. The summed E-state index contributed by atoms with van der Waals surface area (Å²) in [6.45, 7) is 1.52. The number of halogens is 6. The largest absolute Gasteiger partial charge is 0.294 e. The normalized spacial score (nSPS) is 45.9. The first-order valence-electron chi connectivity index (χ1n) is 5.61. The van der Waals surface area contributed by atoms with Crippen molar-refractivity contribution >= 4 is 81.2 Å². The van der Waals surface area contributed by atoms with Crippen molar-refractivity contribution in [1.29, 1.82) is 0 Å². The van der Waals surface area contributed by atoms with Crippen LogP contribution in [0.25, 0.3) is 0 Å². The Labute approximate surface area is 144 Å². The maximum Gasteiger partial charge on any atom is 0.167 e. The first-order chi connectivity index (χ1) is 9.02. The average Bonchev–Trinajstić information content (AvgIpc) is 2.56. The summed E-state index contributed by atoms with van der Waals surface area (Å²) in [5.74, 6) is -2.77. The highest BCUT2D eigenvalue weighted by molar-refractivity contribution is 6.66. The van der Waals surface area contributed by atoms with E-state index in [1.807, 2.05) is 0 Å². The maximum atomic E-state index is 12.4. The van der Waals surface area contributed by atoms with Crippen LogP contribution in [0.2, 0.25) is 0 Å². The van der Waals surface area contributed by atoms with E-state index in [1.54, 1.807) is 0 Å². The number of fused-ring (bicyclic) bond motifs is 5. The van der Waals surface area contributed by atoms with E-state index < -0.39 is 25.9 Å². The molecule has 0 aromatic carbocycles. The summed E-state index contributed by atoms with van der Waals surface area (Å²) in [6.07, 6.45) is 1.22. The van der Waals surface area contributed by atoms with Gasteiger partial charge in [0.05, 0.1) is 21.9 Å². The fourth-order valence-electron chi connectivity index (χ4n) is 3.29. The third kappa shape index (κ3) is 1.29. The van der Waals surface area contributed by atoms with E-state index in [1.165, 1.54) is 13.0 Å². The number of rotatable bonds is 0. The fraction of sp³-hybridized carbons (Fsp3) is 0.500. The summed E-state index contributed by atoms with van der Waals surface area (Å²) in [7, 11) is 0. The van der Waals surface area contributed by atoms with Gasteiger partial charge in [-0.1, -0.05) is 46.4 Å². The van der Waals surface area contributed by atoms with Crippen molar-refractivity contribution < 1.29 is 9.59 Å². The van der Waals surface area contributed by atoms with E-state index in [0.29, 0.717) is 0 Å². The molecule has 108 valence electrons. The van der Waals surface area contributed by atoms with Crippen molar-refractivity contribution in [3.8, 4) is 0 Å². The second kappa shape index (κ2) is 4.10. The van der Waals surface area contributed by atoms with Crippen molar-refractivity contribution in [2.24, 2.45) is 11.8 Å². The zero-order valence-electron chi connectivity index (χ0n) is 9.82. The highest BCUT2D eigenvalue weighted by Gasteiger charge is 2.85. The Morgan fingerprint density at radius 1 is 0.950 bits per heavy atom. The van der Waals surface area contributed by atoms with Crippen LogP contribution in [0.15, 0.2) is 21.7 Å². The standard InChI is InChI=1S/C12H6Cl6O2/c1-3-2-4(19)5-6(7(3)20)11(16)9(14)8(13)10(5,15)12(11,17)18/h2,5-6H,1H3. The summed E-state index contributed by atoms with van der Waals surface area (Å²) in [5.41, 5.74) is 0.272. The number of alkyl halides is 4. The van der Waals surface area contributed by atoms with Crippen LogP contribution in [0.1, 0.15) is 6.92 Å². The van der Waals surface area contributed by atoms with Crippen LogP contribution in [0.5, 0.6) is 0 Å². The van der Waals surface area contributed by atoms with Crippen LogP contribution in [0, 0.1) is 11.8 Å². The highest BCUT2D eigenvalue weighted by atomic mass is 35.5. The number of hydrogen-bond acceptors (Lipinski definition) is 2. The summed E-state index contributed by atoms with van der Waals surface area (Å²) in [5, 5.41) is -0.144. The molecule has 0 aliphatic heterocycles. The number of hydrogen-bond donors (Lipinski definition) is 0. The maximum absolute atomic E-state index is 12.4. The van der Waals surface area contributed by atoms with Gasteiger partial charge in [-0.2, -0.15) is 0 Å². The smallest absolute Gasteiger partial charge is 0.167 e. The molecule has 0 amide bonds. The Morgan fingerprint density at radius 3 is 1.90 bits per heavy atom. The number of carbonyl (C=O) groups is 2. The molecule has 0 aromatic rings. The van der Waals surface area contributed by atoms with E-state index >= 15 is 0 Å². The topological polar surface area (TPSA) is 34.1 Å². The lowest BCUT2D eigenvalue weighted by Gasteiger charge is -2.36. The monoisotopic (exact) mass is 392 g/mol. The summed E-state index contributed by atoms with van der Waals surface area (Å²) < 4.78 is -1.86. The quantitative estimate of drug-likeness (QED) is 0.578. The molecule has 3 aliphatic carbocycles. The average molecular weight is 395 g/mol. The Hall–Kier alpha value is 0.560. The third-order valence-electron chi connectivity index (χ3n) is 4.27. The van der Waals surface area contributed by atoms with Gasteiger partial charge in [-0.25, -0.2) is 0 Å². The zero-order chi connectivity index (χ0) is 15.2. The van der Waals surface area contributed by atoms with E-state index in [9.17, 15) is 9.59 Å². The minimum Gasteiger partial charge on any atom is -0.294 e. The van der Waals surface area contributed by atoms with Gasteiger partial charge >= 0.3 is 0 Å². The number of carbonyl (C=O) groups excluding carboxylic acids is 2. The van der Waals surface area contributed by atoms with E-state index in [4.69, 9.17) is 69.6 Å². The highest BCUT2D eigenvalue weighted by Crippen LogP contribution is 2.77. The first-order valence-corrected chi connectivity index (χ1v) is 7.88. The van der Waals surface area contributed by atoms with Gasteiger partial charge in [0.1, 0.15) is 9.75 Å². The lowest BCUT2D eigenvalue weighted by atomic mass is 9.72. The van der Waals surface area contributed by atoms with E-state index in [0.717, 1.165) is 0 Å². The molecule has 1 fully saturated rings. The lowest BCUT2D eigenvalue weighted by molar-refractivity contribution is -0.129. The molecule has 3 aliphatic rings. The van der Waals surface area contributed by atoms with Crippen LogP contribution in [-0.4, -0.2) is 25.6 Å². The van der Waals surface area contributed by atoms with E-state index in [2.05, 4.69) is 0 Å². The van der Waals surface area contributed by atoms with Crippen LogP contribution < -0.4 is 0 Å². The van der Waals surface area contributed by atoms with Crippen molar-refractivity contribution in [2.75, 3.05) is 0 Å². The summed E-state index contributed by atoms with van der Waals surface area (Å²) in [6, 6.07) is 0. The SMILES string of the molecule is CC1=CC(=O)C2C(C1=O)C1(Cl)C(Cl)=C(Cl)C2(Cl)C1(Cl)Cl. The Balaban J connectivity index is 2.37. The molecule has 1 saturated carbocycles. The number of ketones is 2. The first kappa shape index (κ1) is 15.5. The molecule has 2 bridgehead atoms. The molecule has 0 spiro atoms. The molecular weight excluding hydrogens is 389 g/mol. The molecule has 0 heterocycles. The van der Waals surface area contributed by atoms with Crippen molar-refractivity contribution in [1.82, 2.24) is 0 Å². The third-order valence-corrected chi connectivity index (χ3v) is 8.53. The zero-order valence-corrected chi connectivity index (χ0v) is 14.4. The van der Waals surface area contributed by atoms with Gasteiger partial charge in [0, 0.05) is 0 Å². The molecule has 0 aromatic heterocycles. The molecule has 0 radical (unpaired) electrons. The summed E-state index contributed by atoms with van der Waals surface area (Å²) in [4.78, 5) is 21.3. The van der Waals surface area contributed by atoms with Gasteiger partial charge in [0.25, 0.3) is 0 Å². The predicted molar refractivity (Wildman–Crippen MR) is 81.1 cm³/mol. The lowest BCUT2D eigenvalue weighted by Crippen LogP contribution is -2.47. The molecule has 4 unspecified atom stereocenters. The Bertz CT molecular complexity index is 636. The van der Waals surface area contributed by atoms with Gasteiger partial charge in [0.15, 0.2) is 15.9 Å². The van der Waals surface area contributed by atoms with Crippen LogP contribution in [0.3, 0.4) is 0 Å². The van der Waals surface area contributed by atoms with Crippen molar-refractivity contribution in [2.45, 2.75) is 21.0 Å². The molecule has 20 heavy (non-hydrogen) atoms. The van der Waals surface area contributed by atoms with Crippen molar-refractivity contribution in [3.05, 3.63) is 21.7 Å². The molecule has 3 rings (SSSR count). The minimum absolute atomic E-state index is 0.0714. The van der Waals surface area contributed by atoms with Gasteiger partial charge < -0.3 is 0 Å². The molecular formula is C12H6Cl6O2. The second-order valence-corrected chi connectivity index (χ2v) is 8.45. The Morgan fingerprint density at radius 2 is 1.40 bits per heavy atom. The predicted octanol–water partition coefficient (Wildman–Crippen LogP) is 4.16. The summed E-state index contributed by atoms with van der Waals surface area (Å²) >= 11 is 37.9. The van der Waals surface area contributed by atoms with Crippen LogP contribution in [0.4, 0.5) is 0 Å². The second-order valence-electron chi connectivity index (χ2n) is 5.18. The molecule has 4 atom stereocenters. The van der Waals surface area contributed by atoms with Crippen LogP contribution >= 0.6 is 69.6 Å². The minimum atomic E-state index is -1.86. The van der Waals surface area contributed by atoms with Gasteiger partial charge in [-0.05, 0) is 18.6 Å². The fourth-order valence-corrected chi connectivity index (χ4v) is 6.24. The number of allylic oxidation sites excluding steroid dienone is 4. The molecule has 0 N–H and O–H groups in total. The Kier molecular flexibility index (Phi) is 3.17. The van der Waals surface area contributed by atoms with E-state index in [-0.39, 0.29) is 27.2 Å². The van der Waals surface area contributed by atoms with Crippen molar-refractivity contribution in [3.63, 3.8) is 0 Å². The van der Waals surface area contributed by atoms with Gasteiger partial charge in [0.2, 0.25) is 0 Å². The number of Topliss-reactive ketones (excluding diaryl/α,β-unsaturated/α-hetero) is 1.